The maximum Gasteiger partial charge on any atom is 0.0992 e. The molecule has 0 aromatic rings. The molecule has 0 aromatic carbocycles. The summed E-state index contributed by atoms with van der Waals surface area (Å²) in [4.78, 5) is 0. The Kier molecular flexibility index (Phi) is 0.866. The molecule has 2 heteroatoms. The zero-order chi connectivity index (χ0) is 5.56. The average Bonchev–Trinajstić information content (AvgIpc) is 2.45. The van der Waals surface area contributed by atoms with E-state index in [0.717, 1.165) is 0 Å². The predicted octanol–water partition coefficient (Wildman–Crippen LogP) is 0.265. The lowest BCUT2D eigenvalue weighted by Gasteiger charge is -2.11. The third-order valence-corrected chi connectivity index (χ3v) is 2.07. The van der Waals surface area contributed by atoms with Crippen LogP contribution in [-0.2, 0) is 4.74 Å². The third-order valence-electron chi connectivity index (χ3n) is 2.07. The van der Waals surface area contributed by atoms with Crippen LogP contribution in [0.3, 0.4) is 0 Å². The van der Waals surface area contributed by atoms with E-state index in [9.17, 15) is 0 Å². The van der Waals surface area contributed by atoms with E-state index in [1.165, 1.54) is 19.3 Å². The topological polar surface area (TPSA) is 38.5 Å². The number of hydrogen-bond acceptors (Lipinski definition) is 2. The Labute approximate surface area is 49.0 Å². The van der Waals surface area contributed by atoms with Crippen LogP contribution in [0.25, 0.3) is 0 Å². The first kappa shape index (κ1) is 4.77. The van der Waals surface area contributed by atoms with E-state index in [4.69, 9.17) is 10.5 Å². The van der Waals surface area contributed by atoms with Gasteiger partial charge in [0.2, 0.25) is 0 Å². The Hall–Kier alpha value is -0.0800. The molecule has 0 unspecified atom stereocenters. The number of fused-ring (bicyclic) bond motifs is 1. The summed E-state index contributed by atoms with van der Waals surface area (Å²) in [5, 5.41) is 0. The van der Waals surface area contributed by atoms with Crippen LogP contribution in [0.4, 0.5) is 0 Å². The SMILES string of the molecule is N[C@@H]1CCC[C@H]2O[C@@H]12. The van der Waals surface area contributed by atoms with E-state index >= 15 is 0 Å². The molecule has 1 aliphatic carbocycles. The van der Waals surface area contributed by atoms with Crippen LogP contribution in [-0.4, -0.2) is 18.2 Å². The molecule has 2 rings (SSSR count). The summed E-state index contributed by atoms with van der Waals surface area (Å²) in [5.74, 6) is 0. The van der Waals surface area contributed by atoms with Gasteiger partial charge in [0.25, 0.3) is 0 Å². The Morgan fingerprint density at radius 1 is 1.38 bits per heavy atom. The van der Waals surface area contributed by atoms with E-state index in [2.05, 4.69) is 0 Å². The van der Waals surface area contributed by atoms with Crippen LogP contribution < -0.4 is 5.73 Å². The molecule has 0 aromatic heterocycles. The van der Waals surface area contributed by atoms with Crippen LogP contribution in [0.2, 0.25) is 0 Å². The highest BCUT2D eigenvalue weighted by atomic mass is 16.6. The Morgan fingerprint density at radius 2 is 2.25 bits per heavy atom. The first-order chi connectivity index (χ1) is 3.88. The van der Waals surface area contributed by atoms with Crippen molar-refractivity contribution < 1.29 is 4.74 Å². The van der Waals surface area contributed by atoms with Crippen LogP contribution in [0.15, 0.2) is 0 Å². The largest absolute Gasteiger partial charge is 0.368 e. The second kappa shape index (κ2) is 1.45. The van der Waals surface area contributed by atoms with Gasteiger partial charge >= 0.3 is 0 Å². The molecule has 46 valence electrons. The Bertz CT molecular complexity index is 105. The molecule has 1 aliphatic heterocycles. The summed E-state index contributed by atoms with van der Waals surface area (Å²) in [6.07, 6.45) is 4.68. The van der Waals surface area contributed by atoms with Gasteiger partial charge in [-0.2, -0.15) is 0 Å². The predicted molar refractivity (Wildman–Crippen MR) is 30.5 cm³/mol. The van der Waals surface area contributed by atoms with Gasteiger partial charge in [0.05, 0.1) is 12.2 Å². The molecule has 8 heavy (non-hydrogen) atoms. The monoisotopic (exact) mass is 113 g/mol. The summed E-state index contributed by atoms with van der Waals surface area (Å²) < 4.78 is 5.27. The average molecular weight is 113 g/mol. The standard InChI is InChI=1S/C6H11NO/c7-4-2-1-3-5-6(4)8-5/h4-6H,1-3,7H2/t4-,5-,6+/m1/s1. The molecule has 2 N–H and O–H groups in total. The molecule has 0 bridgehead atoms. The van der Waals surface area contributed by atoms with Gasteiger partial charge in [0, 0.05) is 6.04 Å². The van der Waals surface area contributed by atoms with Gasteiger partial charge in [-0.3, -0.25) is 0 Å². The first-order valence-electron chi connectivity index (χ1n) is 3.29. The van der Waals surface area contributed by atoms with E-state index in [-0.39, 0.29) is 0 Å². The highest BCUT2D eigenvalue weighted by molar-refractivity contribution is 4.96. The summed E-state index contributed by atoms with van der Waals surface area (Å²) in [5.41, 5.74) is 5.69. The lowest BCUT2D eigenvalue weighted by atomic mass is 9.97. The quantitative estimate of drug-likeness (QED) is 0.458. The molecule has 1 heterocycles. The molecule has 1 saturated carbocycles. The fourth-order valence-corrected chi connectivity index (χ4v) is 1.48. The molecule has 0 amide bonds. The molecule has 3 atom stereocenters. The second-order valence-corrected chi connectivity index (χ2v) is 2.73. The van der Waals surface area contributed by atoms with E-state index in [1.807, 2.05) is 0 Å². The van der Waals surface area contributed by atoms with Crippen molar-refractivity contribution in [3.05, 3.63) is 0 Å². The highest BCUT2D eigenvalue weighted by Gasteiger charge is 2.45. The number of ether oxygens (including phenoxy) is 1. The maximum atomic E-state index is 5.69. The maximum absolute atomic E-state index is 5.69. The first-order valence-corrected chi connectivity index (χ1v) is 3.29. The normalized spacial score (nSPS) is 52.9. The second-order valence-electron chi connectivity index (χ2n) is 2.73. The van der Waals surface area contributed by atoms with Gasteiger partial charge < -0.3 is 10.5 Å². The molecular weight excluding hydrogens is 102 g/mol. The van der Waals surface area contributed by atoms with Gasteiger partial charge in [-0.15, -0.1) is 0 Å². The minimum absolute atomic E-state index is 0.355. The summed E-state index contributed by atoms with van der Waals surface area (Å²) in [7, 11) is 0. The number of epoxide rings is 1. The molecule has 2 nitrogen and oxygen atoms in total. The van der Waals surface area contributed by atoms with Crippen molar-refractivity contribution in [2.45, 2.75) is 37.5 Å². The van der Waals surface area contributed by atoms with Crippen molar-refractivity contribution in [1.82, 2.24) is 0 Å². The van der Waals surface area contributed by atoms with Crippen molar-refractivity contribution in [2.75, 3.05) is 0 Å². The smallest absolute Gasteiger partial charge is 0.0992 e. The van der Waals surface area contributed by atoms with Crippen LogP contribution in [0, 0.1) is 0 Å². The third kappa shape index (κ3) is 0.565. The molecule has 1 saturated heterocycles. The summed E-state index contributed by atoms with van der Waals surface area (Å²) >= 11 is 0. The summed E-state index contributed by atoms with van der Waals surface area (Å²) in [6.45, 7) is 0. The Balaban J connectivity index is 1.99. The fourth-order valence-electron chi connectivity index (χ4n) is 1.48. The molecular formula is C6H11NO. The number of rotatable bonds is 0. The minimum Gasteiger partial charge on any atom is -0.368 e. The van der Waals surface area contributed by atoms with Crippen LogP contribution in [0.5, 0.6) is 0 Å². The Morgan fingerprint density at radius 3 is 2.88 bits per heavy atom. The van der Waals surface area contributed by atoms with Gasteiger partial charge in [-0.25, -0.2) is 0 Å². The highest BCUT2D eigenvalue weighted by Crippen LogP contribution is 2.35. The summed E-state index contributed by atoms with van der Waals surface area (Å²) in [6, 6.07) is 0.355. The zero-order valence-electron chi connectivity index (χ0n) is 4.84. The molecule has 2 aliphatic rings. The van der Waals surface area contributed by atoms with Crippen LogP contribution >= 0.6 is 0 Å². The van der Waals surface area contributed by atoms with E-state index in [1.54, 1.807) is 0 Å². The van der Waals surface area contributed by atoms with E-state index in [0.29, 0.717) is 18.2 Å². The van der Waals surface area contributed by atoms with E-state index < -0.39 is 0 Å². The van der Waals surface area contributed by atoms with Crippen molar-refractivity contribution >= 4 is 0 Å². The van der Waals surface area contributed by atoms with Gasteiger partial charge in [0.15, 0.2) is 0 Å². The molecule has 0 radical (unpaired) electrons. The molecule has 0 spiro atoms. The lowest BCUT2D eigenvalue weighted by molar-refractivity contribution is 0.359. The van der Waals surface area contributed by atoms with Crippen molar-refractivity contribution in [3.8, 4) is 0 Å². The number of nitrogens with two attached hydrogens (primary N) is 1. The van der Waals surface area contributed by atoms with Crippen LogP contribution in [0.1, 0.15) is 19.3 Å². The van der Waals surface area contributed by atoms with Crippen molar-refractivity contribution in [3.63, 3.8) is 0 Å². The van der Waals surface area contributed by atoms with Gasteiger partial charge in [-0.1, -0.05) is 0 Å². The molecule has 2 fully saturated rings. The minimum atomic E-state index is 0.355. The number of hydrogen-bond donors (Lipinski definition) is 1. The zero-order valence-corrected chi connectivity index (χ0v) is 4.84. The van der Waals surface area contributed by atoms with Gasteiger partial charge in [-0.05, 0) is 19.3 Å². The van der Waals surface area contributed by atoms with Gasteiger partial charge in [0.1, 0.15) is 0 Å². The van der Waals surface area contributed by atoms with Crippen molar-refractivity contribution in [1.29, 1.82) is 0 Å². The lowest BCUT2D eigenvalue weighted by Crippen LogP contribution is -2.30. The fraction of sp³-hybridized carbons (Fsp3) is 1.00. The van der Waals surface area contributed by atoms with Crippen molar-refractivity contribution in [2.24, 2.45) is 5.73 Å².